The topological polar surface area (TPSA) is 104 Å². The Bertz CT molecular complexity index is 1030. The maximum absolute atomic E-state index is 11.1. The fraction of sp³-hybridized carbons (Fsp3) is 0.261. The van der Waals surface area contributed by atoms with Crippen LogP contribution in [0.15, 0.2) is 66.9 Å². The second kappa shape index (κ2) is 9.65. The largest absolute Gasteiger partial charge is 0.392 e. The Morgan fingerprint density at radius 2 is 1.94 bits per heavy atom. The molecule has 31 heavy (non-hydrogen) atoms. The first-order valence-corrected chi connectivity index (χ1v) is 10.2. The van der Waals surface area contributed by atoms with Crippen LogP contribution >= 0.6 is 0 Å². The summed E-state index contributed by atoms with van der Waals surface area (Å²) in [5.74, 6) is -0.568. The lowest BCUT2D eigenvalue weighted by atomic mass is 10.1. The molecule has 4 rings (SSSR count). The second-order valence-electron chi connectivity index (χ2n) is 7.72. The summed E-state index contributed by atoms with van der Waals surface area (Å²) >= 11 is 0. The quantitative estimate of drug-likeness (QED) is 0.308. The lowest BCUT2D eigenvalue weighted by molar-refractivity contribution is -0.124. The number of likely N-dealkylation sites (tertiary alicyclic amines) is 1. The second-order valence-corrected chi connectivity index (χ2v) is 7.72. The van der Waals surface area contributed by atoms with E-state index in [0.717, 1.165) is 22.4 Å². The molecule has 8 nitrogen and oxygen atoms in total. The van der Waals surface area contributed by atoms with Gasteiger partial charge in [0.15, 0.2) is 0 Å². The van der Waals surface area contributed by atoms with Gasteiger partial charge < -0.3 is 5.11 Å². The molecule has 0 radical (unpaired) electrons. The first-order valence-electron chi connectivity index (χ1n) is 10.2. The molecule has 8 heteroatoms. The number of nitrogens with one attached hydrogen (secondary N) is 1. The van der Waals surface area contributed by atoms with Crippen LogP contribution in [-0.2, 0) is 17.9 Å². The number of hydrogen-bond donors (Lipinski definition) is 3. The van der Waals surface area contributed by atoms with Crippen molar-refractivity contribution < 1.29 is 15.1 Å². The van der Waals surface area contributed by atoms with Crippen molar-refractivity contribution in [1.29, 1.82) is 0 Å². The van der Waals surface area contributed by atoms with E-state index >= 15 is 0 Å². The molecule has 0 spiro atoms. The number of aliphatic hydroxyl groups is 1. The zero-order chi connectivity index (χ0) is 21.6. The summed E-state index contributed by atoms with van der Waals surface area (Å²) < 4.78 is 1.85. The highest BCUT2D eigenvalue weighted by molar-refractivity contribution is 5.90. The summed E-state index contributed by atoms with van der Waals surface area (Å²) in [7, 11) is 0. The third-order valence-corrected chi connectivity index (χ3v) is 5.41. The van der Waals surface area contributed by atoms with Crippen molar-refractivity contribution in [3.63, 3.8) is 0 Å². The number of carbonyl (C=O) groups is 1. The van der Waals surface area contributed by atoms with Crippen LogP contribution in [0.3, 0.4) is 0 Å². The highest BCUT2D eigenvalue weighted by Crippen LogP contribution is 2.23. The van der Waals surface area contributed by atoms with E-state index in [4.69, 9.17) is 5.21 Å². The van der Waals surface area contributed by atoms with E-state index in [-0.39, 0.29) is 12.1 Å². The van der Waals surface area contributed by atoms with E-state index in [2.05, 4.69) is 15.2 Å². The molecular formula is C23H25N5O3. The van der Waals surface area contributed by atoms with Gasteiger partial charge in [-0.2, -0.15) is 0 Å². The Morgan fingerprint density at radius 1 is 1.16 bits per heavy atom. The van der Waals surface area contributed by atoms with Gasteiger partial charge in [-0.15, -0.1) is 5.10 Å². The zero-order valence-electron chi connectivity index (χ0n) is 17.0. The van der Waals surface area contributed by atoms with Crippen molar-refractivity contribution in [3.8, 4) is 11.3 Å². The average molecular weight is 419 g/mol. The molecule has 0 unspecified atom stereocenters. The summed E-state index contributed by atoms with van der Waals surface area (Å²) in [5.41, 5.74) is 5.41. The number of hydroxylamine groups is 1. The van der Waals surface area contributed by atoms with Crippen molar-refractivity contribution in [1.82, 2.24) is 25.4 Å². The van der Waals surface area contributed by atoms with Crippen molar-refractivity contribution in [2.24, 2.45) is 0 Å². The number of amides is 1. The third kappa shape index (κ3) is 5.43. The van der Waals surface area contributed by atoms with Crippen LogP contribution in [0, 0.1) is 0 Å². The Morgan fingerprint density at radius 3 is 2.68 bits per heavy atom. The maximum atomic E-state index is 11.1. The molecule has 2 atom stereocenters. The van der Waals surface area contributed by atoms with Crippen LogP contribution in [0.1, 0.15) is 17.5 Å². The van der Waals surface area contributed by atoms with Crippen LogP contribution in [0.2, 0.25) is 0 Å². The van der Waals surface area contributed by atoms with Gasteiger partial charge in [-0.05, 0) is 23.6 Å². The van der Waals surface area contributed by atoms with Gasteiger partial charge in [-0.1, -0.05) is 59.8 Å². The molecule has 1 fully saturated rings. The molecule has 3 aromatic rings. The van der Waals surface area contributed by atoms with E-state index in [1.54, 1.807) is 11.6 Å². The molecule has 3 N–H and O–H groups in total. The van der Waals surface area contributed by atoms with Crippen molar-refractivity contribution in [2.45, 2.75) is 31.7 Å². The number of benzene rings is 2. The van der Waals surface area contributed by atoms with Gasteiger partial charge in [-0.25, -0.2) is 5.48 Å². The van der Waals surface area contributed by atoms with Gasteiger partial charge in [0.1, 0.15) is 5.69 Å². The Kier molecular flexibility index (Phi) is 6.51. The first kappa shape index (κ1) is 20.9. The summed E-state index contributed by atoms with van der Waals surface area (Å²) in [6.07, 6.45) is 5.18. The predicted octanol–water partition coefficient (Wildman–Crippen LogP) is 2.10. The van der Waals surface area contributed by atoms with Gasteiger partial charge in [0.05, 0.1) is 18.8 Å². The fourth-order valence-electron chi connectivity index (χ4n) is 3.86. The maximum Gasteiger partial charge on any atom is 0.267 e. The SMILES string of the molecule is O=C(C=Cc1ccc(CN2C[C@H](O)C[C@@H]2Cn2cc(-c3ccccc3)nn2)cc1)NO. The molecule has 1 amide bonds. The Hall–Kier alpha value is -3.33. The summed E-state index contributed by atoms with van der Waals surface area (Å²) in [6, 6.07) is 17.9. The Balaban J connectivity index is 1.40. The van der Waals surface area contributed by atoms with Gasteiger partial charge in [0.25, 0.3) is 5.91 Å². The third-order valence-electron chi connectivity index (χ3n) is 5.41. The normalized spacial score (nSPS) is 19.2. The fourth-order valence-corrected chi connectivity index (χ4v) is 3.86. The van der Waals surface area contributed by atoms with E-state index in [1.165, 1.54) is 6.08 Å². The molecule has 0 saturated carbocycles. The average Bonchev–Trinajstić information content (AvgIpc) is 3.40. The molecule has 2 heterocycles. The molecule has 0 aliphatic carbocycles. The molecule has 1 aliphatic rings. The molecular weight excluding hydrogens is 394 g/mol. The lowest BCUT2D eigenvalue weighted by Gasteiger charge is -2.24. The Labute approximate surface area is 180 Å². The number of aromatic nitrogens is 3. The number of β-amino-alcohol motifs (C(OH)–C–C–N with tert-alkyl or cyclic N) is 1. The molecule has 2 aromatic carbocycles. The predicted molar refractivity (Wildman–Crippen MR) is 116 cm³/mol. The van der Waals surface area contributed by atoms with E-state index in [9.17, 15) is 9.90 Å². The van der Waals surface area contributed by atoms with Gasteiger partial charge in [-0.3, -0.25) is 19.6 Å². The number of nitrogens with zero attached hydrogens (tertiary/aromatic N) is 4. The van der Waals surface area contributed by atoms with E-state index < -0.39 is 5.91 Å². The van der Waals surface area contributed by atoms with Gasteiger partial charge in [0.2, 0.25) is 0 Å². The van der Waals surface area contributed by atoms with Crippen LogP contribution in [-0.4, -0.2) is 54.8 Å². The highest BCUT2D eigenvalue weighted by atomic mass is 16.5. The van der Waals surface area contributed by atoms with E-state index in [0.29, 0.717) is 26.1 Å². The number of aliphatic hydroxyl groups excluding tert-OH is 1. The molecule has 1 saturated heterocycles. The minimum absolute atomic E-state index is 0.160. The number of hydrogen-bond acceptors (Lipinski definition) is 6. The van der Waals surface area contributed by atoms with Crippen LogP contribution in [0.5, 0.6) is 0 Å². The lowest BCUT2D eigenvalue weighted by Crippen LogP contribution is -2.32. The zero-order valence-corrected chi connectivity index (χ0v) is 17.0. The number of rotatable bonds is 7. The van der Waals surface area contributed by atoms with E-state index in [1.807, 2.05) is 65.5 Å². The van der Waals surface area contributed by atoms with Crippen LogP contribution in [0.4, 0.5) is 0 Å². The van der Waals surface area contributed by atoms with Crippen molar-refractivity contribution in [3.05, 3.63) is 78.0 Å². The summed E-state index contributed by atoms with van der Waals surface area (Å²) in [6.45, 7) is 1.99. The van der Waals surface area contributed by atoms with Crippen molar-refractivity contribution in [2.75, 3.05) is 6.54 Å². The van der Waals surface area contributed by atoms with Gasteiger partial charge >= 0.3 is 0 Å². The molecule has 160 valence electrons. The van der Waals surface area contributed by atoms with Gasteiger partial charge in [0, 0.05) is 30.8 Å². The first-order chi connectivity index (χ1) is 15.1. The standard InChI is InChI=1S/C23H25N5O3/c29-21-12-20(14-28-16-22(24-26-28)19-4-2-1-3-5-19)27(15-21)13-18-8-6-17(7-9-18)10-11-23(30)25-31/h1-11,16,20-21,29,31H,12-15H2,(H,25,30)/t20-,21-/m1/s1. The highest BCUT2D eigenvalue weighted by Gasteiger charge is 2.31. The van der Waals surface area contributed by atoms with Crippen LogP contribution < -0.4 is 5.48 Å². The van der Waals surface area contributed by atoms with Crippen molar-refractivity contribution >= 4 is 12.0 Å². The summed E-state index contributed by atoms with van der Waals surface area (Å²) in [5, 5.41) is 27.3. The minimum Gasteiger partial charge on any atom is -0.392 e. The minimum atomic E-state index is -0.568. The monoisotopic (exact) mass is 419 g/mol. The number of carbonyl (C=O) groups excluding carboxylic acids is 1. The summed E-state index contributed by atoms with van der Waals surface area (Å²) in [4.78, 5) is 13.4. The van der Waals surface area contributed by atoms with Crippen LogP contribution in [0.25, 0.3) is 17.3 Å². The molecule has 0 bridgehead atoms. The molecule has 1 aromatic heterocycles. The molecule has 1 aliphatic heterocycles. The smallest absolute Gasteiger partial charge is 0.267 e.